The van der Waals surface area contributed by atoms with Crippen LogP contribution in [0.1, 0.15) is 20.8 Å². The van der Waals surface area contributed by atoms with E-state index in [0.29, 0.717) is 0 Å². The minimum Gasteiger partial charge on any atom is -0.311 e. The van der Waals surface area contributed by atoms with Crippen molar-refractivity contribution in [2.24, 2.45) is 0 Å². The molecule has 1 rings (SSSR count). The van der Waals surface area contributed by atoms with E-state index in [1.807, 2.05) is 0 Å². The fourth-order valence-corrected chi connectivity index (χ4v) is 1.13. The van der Waals surface area contributed by atoms with Gasteiger partial charge in [0.1, 0.15) is 18.5 Å². The SMILES string of the molecule is CC1N(O)CN(O)C(C)(C)N1O. The molecule has 0 aromatic heterocycles. The molecule has 12 heavy (non-hydrogen) atoms. The van der Waals surface area contributed by atoms with Gasteiger partial charge in [-0.05, 0) is 20.8 Å². The molecule has 1 saturated heterocycles. The third-order valence-corrected chi connectivity index (χ3v) is 2.26. The summed E-state index contributed by atoms with van der Waals surface area (Å²) in [7, 11) is 0. The quantitative estimate of drug-likeness (QED) is 0.488. The summed E-state index contributed by atoms with van der Waals surface area (Å²) < 4.78 is 0. The Bertz CT molecular complexity index is 175. The van der Waals surface area contributed by atoms with Gasteiger partial charge in [0.2, 0.25) is 0 Å². The summed E-state index contributed by atoms with van der Waals surface area (Å²) in [6, 6.07) is 0. The van der Waals surface area contributed by atoms with Crippen LogP contribution in [0.3, 0.4) is 0 Å². The zero-order valence-electron chi connectivity index (χ0n) is 7.47. The highest BCUT2D eigenvalue weighted by atomic mass is 16.6. The maximum Gasteiger partial charge on any atom is 0.118 e. The topological polar surface area (TPSA) is 70.4 Å². The maximum atomic E-state index is 9.48. The van der Waals surface area contributed by atoms with Crippen LogP contribution < -0.4 is 0 Å². The number of rotatable bonds is 0. The summed E-state index contributed by atoms with van der Waals surface area (Å²) >= 11 is 0. The Kier molecular flexibility index (Phi) is 2.39. The van der Waals surface area contributed by atoms with E-state index < -0.39 is 11.8 Å². The third-order valence-electron chi connectivity index (χ3n) is 2.26. The van der Waals surface area contributed by atoms with Gasteiger partial charge in [-0.15, -0.1) is 0 Å². The van der Waals surface area contributed by atoms with Crippen molar-refractivity contribution in [3.8, 4) is 0 Å². The lowest BCUT2D eigenvalue weighted by Gasteiger charge is -2.49. The molecule has 0 bridgehead atoms. The number of nitrogens with zero attached hydrogens (tertiary/aromatic N) is 3. The molecule has 6 heteroatoms. The summed E-state index contributed by atoms with van der Waals surface area (Å²) in [5.41, 5.74) is -0.876. The fraction of sp³-hybridized carbons (Fsp3) is 1.00. The molecule has 0 aliphatic carbocycles. The molecule has 72 valence electrons. The van der Waals surface area contributed by atoms with E-state index >= 15 is 0 Å². The molecular weight excluding hydrogens is 162 g/mol. The molecular formula is C6H15N3O3. The molecule has 0 radical (unpaired) electrons. The van der Waals surface area contributed by atoms with Gasteiger partial charge in [-0.25, -0.2) is 0 Å². The lowest BCUT2D eigenvalue weighted by Crippen LogP contribution is -2.67. The molecule has 0 spiro atoms. The molecule has 0 amide bonds. The number of hydrogen-bond donors (Lipinski definition) is 3. The molecule has 0 saturated carbocycles. The van der Waals surface area contributed by atoms with Crippen molar-refractivity contribution in [3.05, 3.63) is 0 Å². The first kappa shape index (κ1) is 9.85. The van der Waals surface area contributed by atoms with Crippen molar-refractivity contribution in [2.45, 2.75) is 32.6 Å². The molecule has 6 nitrogen and oxygen atoms in total. The Morgan fingerprint density at radius 3 is 2.25 bits per heavy atom. The second-order valence-corrected chi connectivity index (χ2v) is 3.45. The summed E-state index contributed by atoms with van der Waals surface area (Å²) in [5, 5.41) is 30.6. The summed E-state index contributed by atoms with van der Waals surface area (Å²) in [5.74, 6) is 0. The standard InChI is InChI=1S/C6H15N3O3/c1-5-7(10)4-8(11)6(2,3)9(5)12/h5,10-12H,4H2,1-3H3. The first-order valence-corrected chi connectivity index (χ1v) is 3.77. The van der Waals surface area contributed by atoms with Crippen LogP contribution in [-0.4, -0.2) is 49.3 Å². The Hall–Kier alpha value is -0.240. The monoisotopic (exact) mass is 177 g/mol. The van der Waals surface area contributed by atoms with E-state index in [1.165, 1.54) is 0 Å². The molecule has 0 aromatic rings. The van der Waals surface area contributed by atoms with Gasteiger partial charge in [-0.2, -0.15) is 15.2 Å². The van der Waals surface area contributed by atoms with Gasteiger partial charge >= 0.3 is 0 Å². The minimum absolute atomic E-state index is 0.00870. The van der Waals surface area contributed by atoms with Crippen molar-refractivity contribution >= 4 is 0 Å². The fourth-order valence-electron chi connectivity index (χ4n) is 1.13. The van der Waals surface area contributed by atoms with Crippen molar-refractivity contribution in [1.29, 1.82) is 0 Å². The van der Waals surface area contributed by atoms with Gasteiger partial charge in [-0.1, -0.05) is 0 Å². The van der Waals surface area contributed by atoms with E-state index in [-0.39, 0.29) is 6.67 Å². The average Bonchev–Trinajstić information content (AvgIpc) is 1.99. The van der Waals surface area contributed by atoms with Crippen molar-refractivity contribution in [1.82, 2.24) is 15.2 Å². The second kappa shape index (κ2) is 2.91. The summed E-state index contributed by atoms with van der Waals surface area (Å²) in [6.07, 6.45) is -0.525. The first-order valence-electron chi connectivity index (χ1n) is 3.77. The molecule has 1 fully saturated rings. The zero-order valence-corrected chi connectivity index (χ0v) is 7.47. The predicted molar refractivity (Wildman–Crippen MR) is 39.3 cm³/mol. The van der Waals surface area contributed by atoms with Crippen LogP contribution in [0.2, 0.25) is 0 Å². The van der Waals surface area contributed by atoms with Crippen LogP contribution in [0.5, 0.6) is 0 Å². The lowest BCUT2D eigenvalue weighted by atomic mass is 10.2. The molecule has 1 unspecified atom stereocenters. The summed E-state index contributed by atoms with van der Waals surface area (Å²) in [4.78, 5) is 0. The van der Waals surface area contributed by atoms with Crippen LogP contribution in [0, 0.1) is 0 Å². The van der Waals surface area contributed by atoms with Crippen LogP contribution >= 0.6 is 0 Å². The summed E-state index contributed by atoms with van der Waals surface area (Å²) in [6.45, 7) is 4.92. The minimum atomic E-state index is -0.876. The number of hydrogen-bond acceptors (Lipinski definition) is 6. The largest absolute Gasteiger partial charge is 0.311 e. The highest BCUT2D eigenvalue weighted by Crippen LogP contribution is 2.24. The van der Waals surface area contributed by atoms with Gasteiger partial charge in [0.05, 0.1) is 0 Å². The number of hydroxylamine groups is 6. The molecule has 0 aromatic carbocycles. The van der Waals surface area contributed by atoms with E-state index in [2.05, 4.69) is 0 Å². The second-order valence-electron chi connectivity index (χ2n) is 3.45. The van der Waals surface area contributed by atoms with Gasteiger partial charge in [-0.3, -0.25) is 0 Å². The molecule has 3 N–H and O–H groups in total. The van der Waals surface area contributed by atoms with Gasteiger partial charge in [0.25, 0.3) is 0 Å². The smallest absolute Gasteiger partial charge is 0.118 e. The third kappa shape index (κ3) is 1.33. The van der Waals surface area contributed by atoms with Crippen LogP contribution in [-0.2, 0) is 0 Å². The Morgan fingerprint density at radius 2 is 1.75 bits per heavy atom. The van der Waals surface area contributed by atoms with Crippen molar-refractivity contribution in [2.75, 3.05) is 6.67 Å². The highest BCUT2D eigenvalue weighted by Gasteiger charge is 2.42. The van der Waals surface area contributed by atoms with Crippen LogP contribution in [0.25, 0.3) is 0 Å². The van der Waals surface area contributed by atoms with E-state index in [9.17, 15) is 15.6 Å². The van der Waals surface area contributed by atoms with Crippen molar-refractivity contribution < 1.29 is 15.6 Å². The zero-order chi connectivity index (χ0) is 9.52. The van der Waals surface area contributed by atoms with Gasteiger partial charge in [0.15, 0.2) is 0 Å². The van der Waals surface area contributed by atoms with Crippen molar-refractivity contribution in [3.63, 3.8) is 0 Å². The Balaban J connectivity index is 2.80. The van der Waals surface area contributed by atoms with Crippen LogP contribution in [0.4, 0.5) is 0 Å². The van der Waals surface area contributed by atoms with E-state index in [0.717, 1.165) is 15.2 Å². The van der Waals surface area contributed by atoms with Crippen LogP contribution in [0.15, 0.2) is 0 Å². The van der Waals surface area contributed by atoms with Gasteiger partial charge in [0, 0.05) is 0 Å². The van der Waals surface area contributed by atoms with Gasteiger partial charge < -0.3 is 15.6 Å². The predicted octanol–water partition coefficient (Wildman–Crippen LogP) is 0.113. The average molecular weight is 177 g/mol. The Labute approximate surface area is 71.1 Å². The maximum absolute atomic E-state index is 9.48. The lowest BCUT2D eigenvalue weighted by molar-refractivity contribution is -0.412. The first-order chi connectivity index (χ1) is 5.37. The molecule has 1 heterocycles. The molecule has 1 atom stereocenters. The highest BCUT2D eigenvalue weighted by molar-refractivity contribution is 4.78. The van der Waals surface area contributed by atoms with E-state index in [1.54, 1.807) is 20.8 Å². The Morgan fingerprint density at radius 1 is 1.25 bits per heavy atom. The normalized spacial score (nSPS) is 34.0. The molecule has 1 aliphatic rings. The molecule has 1 aliphatic heterocycles. The van der Waals surface area contributed by atoms with E-state index in [4.69, 9.17) is 0 Å².